The summed E-state index contributed by atoms with van der Waals surface area (Å²) in [5.74, 6) is 1.13. The summed E-state index contributed by atoms with van der Waals surface area (Å²) in [5.41, 5.74) is 5.29. The number of unbranched alkanes of at least 4 members (excludes halogenated alkanes) is 1. The third kappa shape index (κ3) is 6.77. The van der Waals surface area contributed by atoms with Gasteiger partial charge in [-0.1, -0.05) is 26.5 Å². The van der Waals surface area contributed by atoms with Gasteiger partial charge in [0.1, 0.15) is 0 Å². The summed E-state index contributed by atoms with van der Waals surface area (Å²) in [4.78, 5) is 0. The number of nitrogens with one attached hydrogen (secondary N) is 2. The zero-order chi connectivity index (χ0) is 8.69. The highest BCUT2D eigenvalue weighted by atomic mass is 15.1. The number of rotatable bonds is 6. The van der Waals surface area contributed by atoms with Crippen molar-refractivity contribution in [2.75, 3.05) is 6.54 Å². The van der Waals surface area contributed by atoms with E-state index >= 15 is 0 Å². The van der Waals surface area contributed by atoms with Crippen LogP contribution in [-0.2, 0) is 0 Å². The lowest BCUT2D eigenvalue weighted by Crippen LogP contribution is -2.28. The zero-order valence-electron chi connectivity index (χ0n) is 7.11. The van der Waals surface area contributed by atoms with E-state index in [1.807, 2.05) is 0 Å². The van der Waals surface area contributed by atoms with E-state index in [4.69, 9.17) is 5.73 Å². The van der Waals surface area contributed by atoms with Gasteiger partial charge in [0.05, 0.1) is 11.6 Å². The van der Waals surface area contributed by atoms with Gasteiger partial charge in [0, 0.05) is 6.54 Å². The Balaban J connectivity index is 3.30. The fourth-order valence-electron chi connectivity index (χ4n) is 0.654. The molecule has 64 valence electrons. The van der Waals surface area contributed by atoms with Crippen LogP contribution in [0.5, 0.6) is 0 Å². The van der Waals surface area contributed by atoms with Crippen molar-refractivity contribution in [2.45, 2.75) is 19.8 Å². The zero-order valence-corrected chi connectivity index (χ0v) is 7.11. The maximum Gasteiger partial charge on any atom is 0.0967 e. The SMILES string of the molecule is C=C(N)NC(=C)NCCCC. The van der Waals surface area contributed by atoms with Crippen LogP contribution in [0.1, 0.15) is 19.8 Å². The van der Waals surface area contributed by atoms with Gasteiger partial charge in [0.2, 0.25) is 0 Å². The molecule has 0 aliphatic carbocycles. The Morgan fingerprint density at radius 3 is 2.55 bits per heavy atom. The van der Waals surface area contributed by atoms with Crippen LogP contribution in [0.3, 0.4) is 0 Å². The van der Waals surface area contributed by atoms with E-state index in [1.54, 1.807) is 0 Å². The summed E-state index contributed by atoms with van der Waals surface area (Å²) < 4.78 is 0. The molecular formula is C8H17N3. The maximum absolute atomic E-state index is 5.29. The second kappa shape index (κ2) is 5.65. The minimum absolute atomic E-state index is 0.416. The number of hydrogen-bond donors (Lipinski definition) is 3. The van der Waals surface area contributed by atoms with Crippen molar-refractivity contribution in [3.05, 3.63) is 24.8 Å². The molecule has 0 fully saturated rings. The molecule has 0 amide bonds. The average Bonchev–Trinajstić information content (AvgIpc) is 1.86. The summed E-state index contributed by atoms with van der Waals surface area (Å²) in [6.07, 6.45) is 2.31. The van der Waals surface area contributed by atoms with Gasteiger partial charge in [-0.25, -0.2) is 0 Å². The molecule has 0 heterocycles. The Bertz CT molecular complexity index is 140. The predicted molar refractivity (Wildman–Crippen MR) is 48.5 cm³/mol. The van der Waals surface area contributed by atoms with Gasteiger partial charge in [-0.2, -0.15) is 0 Å². The fraction of sp³-hybridized carbons (Fsp3) is 0.500. The molecule has 0 unspecified atom stereocenters. The lowest BCUT2D eigenvalue weighted by Gasteiger charge is -2.10. The molecule has 3 heteroatoms. The maximum atomic E-state index is 5.29. The molecule has 4 N–H and O–H groups in total. The van der Waals surface area contributed by atoms with Gasteiger partial charge >= 0.3 is 0 Å². The highest BCUT2D eigenvalue weighted by molar-refractivity contribution is 4.98. The van der Waals surface area contributed by atoms with Crippen molar-refractivity contribution in [2.24, 2.45) is 5.73 Å². The molecule has 0 bridgehead atoms. The summed E-state index contributed by atoms with van der Waals surface area (Å²) in [6, 6.07) is 0. The monoisotopic (exact) mass is 155 g/mol. The first-order valence-corrected chi connectivity index (χ1v) is 3.81. The minimum atomic E-state index is 0.416. The Morgan fingerprint density at radius 2 is 2.09 bits per heavy atom. The van der Waals surface area contributed by atoms with Crippen LogP contribution in [-0.4, -0.2) is 6.54 Å². The molecule has 11 heavy (non-hydrogen) atoms. The van der Waals surface area contributed by atoms with E-state index in [2.05, 4.69) is 30.7 Å². The standard InChI is InChI=1S/C8H17N3/c1-4-5-6-10-8(3)11-7(2)9/h10-11H,2-6,9H2,1H3. The van der Waals surface area contributed by atoms with E-state index in [-0.39, 0.29) is 0 Å². The molecule has 0 aromatic carbocycles. The van der Waals surface area contributed by atoms with Crippen molar-refractivity contribution in [1.29, 1.82) is 0 Å². The van der Waals surface area contributed by atoms with Crippen LogP contribution in [0.2, 0.25) is 0 Å². The molecule has 3 nitrogen and oxygen atoms in total. The molecule has 0 radical (unpaired) electrons. The van der Waals surface area contributed by atoms with Gasteiger partial charge in [0.25, 0.3) is 0 Å². The van der Waals surface area contributed by atoms with Crippen molar-refractivity contribution >= 4 is 0 Å². The second-order valence-corrected chi connectivity index (χ2v) is 2.41. The molecule has 0 rings (SSSR count). The Morgan fingerprint density at radius 1 is 1.45 bits per heavy atom. The van der Waals surface area contributed by atoms with Crippen LogP contribution in [0.4, 0.5) is 0 Å². The van der Waals surface area contributed by atoms with Crippen LogP contribution < -0.4 is 16.4 Å². The lowest BCUT2D eigenvalue weighted by atomic mass is 10.3. The fourth-order valence-corrected chi connectivity index (χ4v) is 0.654. The Labute approximate surface area is 68.4 Å². The van der Waals surface area contributed by atoms with Crippen molar-refractivity contribution in [3.63, 3.8) is 0 Å². The van der Waals surface area contributed by atoms with Crippen LogP contribution in [0.15, 0.2) is 24.8 Å². The normalized spacial score (nSPS) is 8.82. The topological polar surface area (TPSA) is 50.1 Å². The molecule has 0 aromatic rings. The third-order valence-corrected chi connectivity index (χ3v) is 1.18. The van der Waals surface area contributed by atoms with E-state index in [0.717, 1.165) is 13.0 Å². The van der Waals surface area contributed by atoms with Crippen molar-refractivity contribution in [1.82, 2.24) is 10.6 Å². The van der Waals surface area contributed by atoms with Gasteiger partial charge < -0.3 is 16.4 Å². The van der Waals surface area contributed by atoms with Gasteiger partial charge in [0.15, 0.2) is 0 Å². The van der Waals surface area contributed by atoms with Crippen molar-refractivity contribution in [3.8, 4) is 0 Å². The minimum Gasteiger partial charge on any atom is -0.386 e. The van der Waals surface area contributed by atoms with E-state index in [1.165, 1.54) is 6.42 Å². The first-order chi connectivity index (χ1) is 5.16. The Hall–Kier alpha value is -1.12. The molecule has 0 spiro atoms. The number of nitrogens with two attached hydrogens (primary N) is 1. The Kier molecular flexibility index (Phi) is 5.07. The average molecular weight is 155 g/mol. The molecule has 0 saturated heterocycles. The molecule has 0 saturated carbocycles. The highest BCUT2D eigenvalue weighted by Gasteiger charge is 1.89. The molecule has 0 aliphatic rings. The summed E-state index contributed by atoms with van der Waals surface area (Å²) in [7, 11) is 0. The van der Waals surface area contributed by atoms with E-state index < -0.39 is 0 Å². The van der Waals surface area contributed by atoms with E-state index in [0.29, 0.717) is 11.6 Å². The van der Waals surface area contributed by atoms with Gasteiger partial charge in [-0.15, -0.1) is 0 Å². The largest absolute Gasteiger partial charge is 0.386 e. The smallest absolute Gasteiger partial charge is 0.0967 e. The van der Waals surface area contributed by atoms with Crippen LogP contribution in [0, 0.1) is 0 Å². The first kappa shape index (κ1) is 9.88. The highest BCUT2D eigenvalue weighted by Crippen LogP contribution is 1.85. The third-order valence-electron chi connectivity index (χ3n) is 1.18. The van der Waals surface area contributed by atoms with Crippen molar-refractivity contribution < 1.29 is 0 Å². The predicted octanol–water partition coefficient (Wildman–Crippen LogP) is 0.867. The molecule has 0 aromatic heterocycles. The summed E-state index contributed by atoms with van der Waals surface area (Å²) in [6.45, 7) is 10.3. The summed E-state index contributed by atoms with van der Waals surface area (Å²) >= 11 is 0. The lowest BCUT2D eigenvalue weighted by molar-refractivity contribution is 0.678. The van der Waals surface area contributed by atoms with Gasteiger partial charge in [-0.05, 0) is 6.42 Å². The molecular weight excluding hydrogens is 138 g/mol. The van der Waals surface area contributed by atoms with Crippen LogP contribution in [0.25, 0.3) is 0 Å². The quantitative estimate of drug-likeness (QED) is 0.499. The van der Waals surface area contributed by atoms with E-state index in [9.17, 15) is 0 Å². The first-order valence-electron chi connectivity index (χ1n) is 3.81. The molecule has 0 aliphatic heterocycles. The number of hydrogen-bond acceptors (Lipinski definition) is 3. The van der Waals surface area contributed by atoms with Gasteiger partial charge in [-0.3, -0.25) is 0 Å². The second-order valence-electron chi connectivity index (χ2n) is 2.41. The molecule has 0 atom stereocenters. The summed E-state index contributed by atoms with van der Waals surface area (Å²) in [5, 5.41) is 5.85. The van der Waals surface area contributed by atoms with Crippen LogP contribution >= 0.6 is 0 Å².